The van der Waals surface area contributed by atoms with Gasteiger partial charge in [0, 0.05) is 18.6 Å². The van der Waals surface area contributed by atoms with E-state index in [-0.39, 0.29) is 0 Å². The predicted octanol–water partition coefficient (Wildman–Crippen LogP) is 4.06. The van der Waals surface area contributed by atoms with Crippen molar-refractivity contribution < 1.29 is 0 Å². The quantitative estimate of drug-likeness (QED) is 0.817. The third-order valence-corrected chi connectivity index (χ3v) is 5.63. The highest BCUT2D eigenvalue weighted by Crippen LogP contribution is 2.35. The first-order valence-electron chi connectivity index (χ1n) is 8.98. The van der Waals surface area contributed by atoms with E-state index in [9.17, 15) is 0 Å². The van der Waals surface area contributed by atoms with E-state index in [2.05, 4.69) is 37.9 Å². The second-order valence-corrected chi connectivity index (χ2v) is 8.10. The number of nitrogens with zero attached hydrogens (tertiary/aromatic N) is 1. The molecule has 2 unspecified atom stereocenters. The zero-order valence-corrected chi connectivity index (χ0v) is 14.3. The van der Waals surface area contributed by atoms with E-state index in [0.717, 1.165) is 12.0 Å². The zero-order valence-electron chi connectivity index (χ0n) is 14.3. The summed E-state index contributed by atoms with van der Waals surface area (Å²) in [5, 5.41) is 3.96. The fourth-order valence-corrected chi connectivity index (χ4v) is 4.09. The molecule has 0 aromatic heterocycles. The van der Waals surface area contributed by atoms with E-state index in [1.54, 1.807) is 0 Å². The molecular formula is C18H36N2. The highest BCUT2D eigenvalue weighted by molar-refractivity contribution is 4.87. The fraction of sp³-hybridized carbons (Fsp3) is 1.00. The lowest BCUT2D eigenvalue weighted by Crippen LogP contribution is -2.48. The molecule has 1 heterocycles. The molecule has 0 spiro atoms. The minimum absolute atomic E-state index is 0.587. The number of hydrogen-bond donors (Lipinski definition) is 1. The van der Waals surface area contributed by atoms with Gasteiger partial charge in [-0.15, -0.1) is 0 Å². The average Bonchev–Trinajstić information content (AvgIpc) is 2.42. The molecule has 2 aliphatic rings. The highest BCUT2D eigenvalue weighted by atomic mass is 15.1. The molecule has 118 valence electrons. The lowest BCUT2D eigenvalue weighted by Gasteiger charge is -2.40. The largest absolute Gasteiger partial charge is 0.311 e. The Balaban J connectivity index is 1.75. The van der Waals surface area contributed by atoms with Gasteiger partial charge in [-0.2, -0.15) is 0 Å². The van der Waals surface area contributed by atoms with Gasteiger partial charge in [0.2, 0.25) is 0 Å². The summed E-state index contributed by atoms with van der Waals surface area (Å²) in [6.07, 6.45) is 9.66. The third-order valence-electron chi connectivity index (χ3n) is 5.63. The molecule has 2 heteroatoms. The minimum atomic E-state index is 0.587. The number of rotatable bonds is 5. The van der Waals surface area contributed by atoms with Gasteiger partial charge in [-0.3, -0.25) is 0 Å². The smallest absolute Gasteiger partial charge is 0.00818 e. The van der Waals surface area contributed by atoms with Crippen molar-refractivity contribution >= 4 is 0 Å². The van der Waals surface area contributed by atoms with Crippen LogP contribution in [0.4, 0.5) is 0 Å². The fourth-order valence-electron chi connectivity index (χ4n) is 4.09. The SMILES string of the molecule is CCCN1CCCC(C(C)NC2CCC(C)(C)CC2)C1. The summed E-state index contributed by atoms with van der Waals surface area (Å²) in [6.45, 7) is 13.5. The Labute approximate surface area is 126 Å². The van der Waals surface area contributed by atoms with E-state index in [1.807, 2.05) is 0 Å². The van der Waals surface area contributed by atoms with Gasteiger partial charge in [0.15, 0.2) is 0 Å². The first-order chi connectivity index (χ1) is 9.50. The number of piperidine rings is 1. The van der Waals surface area contributed by atoms with Crippen molar-refractivity contribution in [1.82, 2.24) is 10.2 Å². The molecule has 1 N–H and O–H groups in total. The van der Waals surface area contributed by atoms with Crippen molar-refractivity contribution in [3.05, 3.63) is 0 Å². The standard InChI is InChI=1S/C18H36N2/c1-5-12-20-13-6-7-16(14-20)15(2)19-17-8-10-18(3,4)11-9-17/h15-17,19H,5-14H2,1-4H3. The number of nitrogens with one attached hydrogen (secondary N) is 1. The van der Waals surface area contributed by atoms with Gasteiger partial charge in [0.05, 0.1) is 0 Å². The summed E-state index contributed by atoms with van der Waals surface area (Å²) in [6, 6.07) is 1.47. The van der Waals surface area contributed by atoms with Crippen LogP contribution >= 0.6 is 0 Å². The Morgan fingerprint density at radius 3 is 2.55 bits per heavy atom. The molecule has 1 saturated carbocycles. The van der Waals surface area contributed by atoms with Crippen LogP contribution in [-0.2, 0) is 0 Å². The Morgan fingerprint density at radius 1 is 1.20 bits per heavy atom. The van der Waals surface area contributed by atoms with Crippen molar-refractivity contribution in [1.29, 1.82) is 0 Å². The van der Waals surface area contributed by atoms with Gasteiger partial charge >= 0.3 is 0 Å². The van der Waals surface area contributed by atoms with Crippen LogP contribution in [0.25, 0.3) is 0 Å². The van der Waals surface area contributed by atoms with Crippen LogP contribution in [0.3, 0.4) is 0 Å². The van der Waals surface area contributed by atoms with Gasteiger partial charge in [-0.1, -0.05) is 20.8 Å². The monoisotopic (exact) mass is 280 g/mol. The van der Waals surface area contributed by atoms with Gasteiger partial charge in [-0.25, -0.2) is 0 Å². The third kappa shape index (κ3) is 4.73. The summed E-state index contributed by atoms with van der Waals surface area (Å²) in [5.41, 5.74) is 0.587. The van der Waals surface area contributed by atoms with Gasteiger partial charge in [0.1, 0.15) is 0 Å². The van der Waals surface area contributed by atoms with Gasteiger partial charge < -0.3 is 10.2 Å². The molecule has 0 radical (unpaired) electrons. The molecule has 2 fully saturated rings. The van der Waals surface area contributed by atoms with Crippen LogP contribution in [0.1, 0.15) is 72.6 Å². The number of hydrogen-bond acceptors (Lipinski definition) is 2. The van der Waals surface area contributed by atoms with Crippen LogP contribution < -0.4 is 5.32 Å². The van der Waals surface area contributed by atoms with Crippen molar-refractivity contribution in [3.63, 3.8) is 0 Å². The predicted molar refractivity (Wildman–Crippen MR) is 88.1 cm³/mol. The first-order valence-corrected chi connectivity index (χ1v) is 8.98. The molecule has 1 aliphatic heterocycles. The van der Waals surface area contributed by atoms with Crippen molar-refractivity contribution in [2.45, 2.75) is 84.7 Å². The van der Waals surface area contributed by atoms with Crippen LogP contribution in [-0.4, -0.2) is 36.6 Å². The zero-order chi connectivity index (χ0) is 14.6. The van der Waals surface area contributed by atoms with Crippen molar-refractivity contribution in [3.8, 4) is 0 Å². The molecule has 1 aliphatic carbocycles. The van der Waals surface area contributed by atoms with E-state index in [4.69, 9.17) is 0 Å². The van der Waals surface area contributed by atoms with Crippen molar-refractivity contribution in [2.24, 2.45) is 11.3 Å². The Kier molecular flexibility index (Phi) is 5.92. The second-order valence-electron chi connectivity index (χ2n) is 8.10. The maximum absolute atomic E-state index is 3.96. The summed E-state index contributed by atoms with van der Waals surface area (Å²) in [7, 11) is 0. The number of likely N-dealkylation sites (tertiary alicyclic amines) is 1. The van der Waals surface area contributed by atoms with Crippen LogP contribution in [0, 0.1) is 11.3 Å². The van der Waals surface area contributed by atoms with E-state index < -0.39 is 0 Å². The molecule has 0 aromatic carbocycles. The first kappa shape index (κ1) is 16.3. The van der Waals surface area contributed by atoms with Gasteiger partial charge in [0.25, 0.3) is 0 Å². The van der Waals surface area contributed by atoms with E-state index in [1.165, 1.54) is 64.6 Å². The van der Waals surface area contributed by atoms with Crippen LogP contribution in [0.5, 0.6) is 0 Å². The van der Waals surface area contributed by atoms with Crippen LogP contribution in [0.2, 0.25) is 0 Å². The van der Waals surface area contributed by atoms with E-state index in [0.29, 0.717) is 11.5 Å². The summed E-state index contributed by atoms with van der Waals surface area (Å²) >= 11 is 0. The van der Waals surface area contributed by atoms with E-state index >= 15 is 0 Å². The highest BCUT2D eigenvalue weighted by Gasteiger charge is 2.30. The molecule has 0 aromatic rings. The Morgan fingerprint density at radius 2 is 1.90 bits per heavy atom. The van der Waals surface area contributed by atoms with Gasteiger partial charge in [-0.05, 0) is 76.3 Å². The van der Waals surface area contributed by atoms with Crippen LogP contribution in [0.15, 0.2) is 0 Å². The maximum Gasteiger partial charge on any atom is 0.00818 e. The molecule has 0 amide bonds. The lowest BCUT2D eigenvalue weighted by atomic mass is 9.75. The maximum atomic E-state index is 3.96. The normalized spacial score (nSPS) is 30.3. The summed E-state index contributed by atoms with van der Waals surface area (Å²) in [4.78, 5) is 2.68. The summed E-state index contributed by atoms with van der Waals surface area (Å²) < 4.78 is 0. The molecule has 0 bridgehead atoms. The lowest BCUT2D eigenvalue weighted by molar-refractivity contribution is 0.134. The molecule has 20 heavy (non-hydrogen) atoms. The topological polar surface area (TPSA) is 15.3 Å². The molecule has 2 atom stereocenters. The minimum Gasteiger partial charge on any atom is -0.311 e. The molecule has 1 saturated heterocycles. The average molecular weight is 280 g/mol. The molecular weight excluding hydrogens is 244 g/mol. The Hall–Kier alpha value is -0.0800. The Bertz CT molecular complexity index is 275. The summed E-state index contributed by atoms with van der Waals surface area (Å²) in [5.74, 6) is 0.866. The van der Waals surface area contributed by atoms with Crippen molar-refractivity contribution in [2.75, 3.05) is 19.6 Å². The molecule has 2 rings (SSSR count). The second kappa shape index (κ2) is 7.26. The molecule has 2 nitrogen and oxygen atoms in total.